The van der Waals surface area contributed by atoms with E-state index in [2.05, 4.69) is 4.90 Å². The molecule has 7 nitrogen and oxygen atoms in total. The molecule has 30 heavy (non-hydrogen) atoms. The number of phenols is 1. The van der Waals surface area contributed by atoms with Crippen molar-refractivity contribution in [2.75, 3.05) is 19.3 Å². The molecule has 0 radical (unpaired) electrons. The highest BCUT2D eigenvalue weighted by atomic mass is 32.2. The van der Waals surface area contributed by atoms with Crippen LogP contribution in [-0.4, -0.2) is 58.6 Å². The third-order valence-electron chi connectivity index (χ3n) is 5.28. The van der Waals surface area contributed by atoms with E-state index < -0.39 is 33.4 Å². The Labute approximate surface area is 176 Å². The number of aliphatic hydroxyl groups is 2. The molecule has 1 heterocycles. The van der Waals surface area contributed by atoms with Crippen LogP contribution in [0.3, 0.4) is 0 Å². The highest BCUT2D eigenvalue weighted by Gasteiger charge is 2.36. The van der Waals surface area contributed by atoms with Crippen molar-refractivity contribution in [3.8, 4) is 5.75 Å². The van der Waals surface area contributed by atoms with Gasteiger partial charge >= 0.3 is 0 Å². The van der Waals surface area contributed by atoms with E-state index in [9.17, 15) is 28.1 Å². The van der Waals surface area contributed by atoms with Gasteiger partial charge in [-0.1, -0.05) is 36.4 Å². The van der Waals surface area contributed by atoms with Crippen LogP contribution in [-0.2, 0) is 15.7 Å². The topological polar surface area (TPSA) is 118 Å². The lowest BCUT2D eigenvalue weighted by molar-refractivity contribution is -0.0502. The fourth-order valence-electron chi connectivity index (χ4n) is 3.52. The van der Waals surface area contributed by atoms with Crippen LogP contribution in [0.4, 0.5) is 4.39 Å². The summed E-state index contributed by atoms with van der Waals surface area (Å²) in [6.07, 6.45) is 1.02. The van der Waals surface area contributed by atoms with Gasteiger partial charge in [-0.05, 0) is 43.0 Å². The maximum absolute atomic E-state index is 13.5. The summed E-state index contributed by atoms with van der Waals surface area (Å²) >= 11 is 0. The number of likely N-dealkylation sites (tertiary alicyclic amines) is 1. The second kappa shape index (κ2) is 9.84. The van der Waals surface area contributed by atoms with Crippen LogP contribution in [0.5, 0.6) is 5.75 Å². The maximum atomic E-state index is 13.5. The maximum Gasteiger partial charge on any atom is 0.261 e. The van der Waals surface area contributed by atoms with Gasteiger partial charge < -0.3 is 15.3 Å². The summed E-state index contributed by atoms with van der Waals surface area (Å²) in [7, 11) is -3.67. The second-order valence-corrected chi connectivity index (χ2v) is 9.03. The summed E-state index contributed by atoms with van der Waals surface area (Å²) in [5, 5.41) is 30.7. The Morgan fingerprint density at radius 3 is 2.13 bits per heavy atom. The smallest absolute Gasteiger partial charge is 0.261 e. The van der Waals surface area contributed by atoms with Gasteiger partial charge in [-0.2, -0.15) is 8.42 Å². The summed E-state index contributed by atoms with van der Waals surface area (Å²) < 4.78 is 39.4. The molecule has 2 atom stereocenters. The molecule has 1 aliphatic heterocycles. The van der Waals surface area contributed by atoms with Gasteiger partial charge in [-0.3, -0.25) is 9.45 Å². The van der Waals surface area contributed by atoms with Crippen molar-refractivity contribution in [1.82, 2.24) is 4.90 Å². The number of aliphatic hydroxyl groups excluding tert-OH is 1. The minimum atomic E-state index is -3.67. The molecule has 166 valence electrons. The Morgan fingerprint density at radius 2 is 1.63 bits per heavy atom. The number of hydrogen-bond acceptors (Lipinski definition) is 6. The first-order chi connectivity index (χ1) is 13.9. The third-order valence-corrected chi connectivity index (χ3v) is 5.28. The molecule has 0 bridgehead atoms. The summed E-state index contributed by atoms with van der Waals surface area (Å²) in [6.45, 7) is 3.18. The van der Waals surface area contributed by atoms with Gasteiger partial charge in [0.2, 0.25) is 0 Å². The van der Waals surface area contributed by atoms with E-state index in [-0.39, 0.29) is 6.04 Å². The Bertz CT molecular complexity index is 922. The lowest BCUT2D eigenvalue weighted by Crippen LogP contribution is -2.47. The van der Waals surface area contributed by atoms with E-state index in [1.54, 1.807) is 0 Å². The fraction of sp³-hybridized carbons (Fsp3) is 0.429. The highest BCUT2D eigenvalue weighted by molar-refractivity contribution is 7.85. The van der Waals surface area contributed by atoms with Crippen molar-refractivity contribution < 1.29 is 32.7 Å². The van der Waals surface area contributed by atoms with Crippen molar-refractivity contribution in [3.05, 3.63) is 65.5 Å². The predicted molar refractivity (Wildman–Crippen MR) is 111 cm³/mol. The van der Waals surface area contributed by atoms with Gasteiger partial charge in [-0.25, -0.2) is 4.39 Å². The second-order valence-electron chi connectivity index (χ2n) is 7.56. The molecule has 3 rings (SSSR count). The summed E-state index contributed by atoms with van der Waals surface area (Å²) in [5.74, 6) is -1.16. The fourth-order valence-corrected chi connectivity index (χ4v) is 3.52. The Hall–Kier alpha value is -2.04. The first-order valence-corrected chi connectivity index (χ1v) is 11.4. The SMILES string of the molecule is CS(=O)(=O)O.C[C@H]([C@H](O)c1ccc(O)c(F)c1)N1CCC(O)(c2ccccc2)CC1. The molecule has 9 heteroatoms. The van der Waals surface area contributed by atoms with Crippen molar-refractivity contribution in [1.29, 1.82) is 0 Å². The summed E-state index contributed by atoms with van der Waals surface area (Å²) in [6, 6.07) is 13.4. The van der Waals surface area contributed by atoms with Crippen LogP contribution in [0.25, 0.3) is 0 Å². The monoisotopic (exact) mass is 441 g/mol. The van der Waals surface area contributed by atoms with E-state index in [0.717, 1.165) is 5.56 Å². The average molecular weight is 442 g/mol. The van der Waals surface area contributed by atoms with Crippen LogP contribution in [0.15, 0.2) is 48.5 Å². The van der Waals surface area contributed by atoms with Crippen molar-refractivity contribution in [2.24, 2.45) is 0 Å². The Morgan fingerprint density at radius 1 is 1.10 bits per heavy atom. The first-order valence-electron chi connectivity index (χ1n) is 9.51. The highest BCUT2D eigenvalue weighted by Crippen LogP contribution is 2.35. The minimum absolute atomic E-state index is 0.218. The molecule has 0 saturated carbocycles. The summed E-state index contributed by atoms with van der Waals surface area (Å²) in [5.41, 5.74) is 0.516. The molecule has 1 fully saturated rings. The number of halogens is 1. The molecule has 2 aromatic carbocycles. The number of hydrogen-bond donors (Lipinski definition) is 4. The molecule has 0 aliphatic carbocycles. The molecule has 1 saturated heterocycles. The van der Waals surface area contributed by atoms with Gasteiger partial charge in [0, 0.05) is 19.1 Å². The number of piperidine rings is 1. The number of nitrogens with zero attached hydrogens (tertiary/aromatic N) is 1. The normalized spacial score (nSPS) is 18.7. The molecule has 4 N–H and O–H groups in total. The molecule has 0 unspecified atom stereocenters. The minimum Gasteiger partial charge on any atom is -0.505 e. The molecular weight excluding hydrogens is 413 g/mol. The zero-order chi connectivity index (χ0) is 22.5. The first kappa shape index (κ1) is 24.2. The van der Waals surface area contributed by atoms with Crippen LogP contribution >= 0.6 is 0 Å². The molecule has 1 aliphatic rings. The summed E-state index contributed by atoms with van der Waals surface area (Å²) in [4.78, 5) is 2.10. The van der Waals surface area contributed by atoms with Gasteiger partial charge in [0.1, 0.15) is 0 Å². The van der Waals surface area contributed by atoms with Gasteiger partial charge in [0.25, 0.3) is 10.1 Å². The lowest BCUT2D eigenvalue weighted by atomic mass is 9.83. The third kappa shape index (κ3) is 6.75. The number of rotatable bonds is 4. The van der Waals surface area contributed by atoms with Gasteiger partial charge in [-0.15, -0.1) is 0 Å². The zero-order valence-corrected chi connectivity index (χ0v) is 17.8. The van der Waals surface area contributed by atoms with Crippen LogP contribution < -0.4 is 0 Å². The standard InChI is InChI=1S/C20H24FNO3.CH4O3S/c1-14(19(24)15-7-8-18(23)17(21)13-15)22-11-9-20(25,10-12-22)16-5-3-2-4-6-16;1-5(2,3)4/h2-8,13-14,19,23-25H,9-12H2,1H3;1H3,(H,2,3,4)/t14-,19+;/m1./s1. The van der Waals surface area contributed by atoms with E-state index in [1.165, 1.54) is 18.2 Å². The Balaban J connectivity index is 0.000000575. The molecule has 0 aromatic heterocycles. The van der Waals surface area contributed by atoms with E-state index >= 15 is 0 Å². The van der Waals surface area contributed by atoms with E-state index in [4.69, 9.17) is 4.55 Å². The predicted octanol–water partition coefficient (Wildman–Crippen LogP) is 2.44. The quantitative estimate of drug-likeness (QED) is 0.538. The van der Waals surface area contributed by atoms with Gasteiger partial charge in [0.15, 0.2) is 11.6 Å². The molecule has 0 spiro atoms. The van der Waals surface area contributed by atoms with Crippen LogP contribution in [0.2, 0.25) is 0 Å². The zero-order valence-electron chi connectivity index (χ0n) is 16.9. The van der Waals surface area contributed by atoms with Gasteiger partial charge in [0.05, 0.1) is 18.0 Å². The van der Waals surface area contributed by atoms with Crippen LogP contribution in [0.1, 0.15) is 37.0 Å². The molecular formula is C21H28FNO6S. The largest absolute Gasteiger partial charge is 0.505 e. The van der Waals surface area contributed by atoms with E-state index in [1.807, 2.05) is 37.3 Å². The van der Waals surface area contributed by atoms with Crippen LogP contribution in [0, 0.1) is 5.82 Å². The molecule has 2 aromatic rings. The number of phenolic OH excluding ortho intramolecular Hbond substituents is 1. The lowest BCUT2D eigenvalue weighted by Gasteiger charge is -2.42. The molecule has 0 amide bonds. The van der Waals surface area contributed by atoms with Crippen molar-refractivity contribution >= 4 is 10.1 Å². The number of aromatic hydroxyl groups is 1. The average Bonchev–Trinajstić information content (AvgIpc) is 2.69. The Kier molecular flexibility index (Phi) is 7.95. The van der Waals surface area contributed by atoms with E-state index in [0.29, 0.717) is 37.8 Å². The number of benzene rings is 2. The van der Waals surface area contributed by atoms with Crippen molar-refractivity contribution in [2.45, 2.75) is 37.5 Å². The van der Waals surface area contributed by atoms with Crippen molar-refractivity contribution in [3.63, 3.8) is 0 Å².